The fourth-order valence-electron chi connectivity index (χ4n) is 3.84. The Bertz CT molecular complexity index is 1340. The zero-order valence-corrected chi connectivity index (χ0v) is 17.3. The number of pyridine rings is 1. The maximum absolute atomic E-state index is 13.4. The van der Waals surface area contributed by atoms with Crippen molar-refractivity contribution in [3.8, 4) is 5.69 Å². The van der Waals surface area contributed by atoms with Gasteiger partial charge in [-0.3, -0.25) is 4.98 Å². The molecule has 0 spiro atoms. The molecule has 0 radical (unpaired) electrons. The SMILES string of the molecule is CN1CC=C(c2cn(S(=O)(=O)c3cccnc3)c3ccc(-n4cccn4)cc23)CC1. The first kappa shape index (κ1) is 18.8. The lowest BCUT2D eigenvalue weighted by Gasteiger charge is -2.21. The lowest BCUT2D eigenvalue weighted by Crippen LogP contribution is -2.23. The summed E-state index contributed by atoms with van der Waals surface area (Å²) < 4.78 is 29.9. The molecule has 30 heavy (non-hydrogen) atoms. The zero-order chi connectivity index (χ0) is 20.7. The van der Waals surface area contributed by atoms with Gasteiger partial charge in [-0.05, 0) is 55.4 Å². The summed E-state index contributed by atoms with van der Waals surface area (Å²) in [6.45, 7) is 1.78. The third-order valence-corrected chi connectivity index (χ3v) is 7.13. The standard InChI is InChI=1S/C22H21N5O2S/c1-25-12-7-17(8-13-25)21-16-27(30(28,29)19-4-2-9-23-15-19)22-6-5-18(14-20(21)22)26-11-3-10-24-26/h2-7,9-11,14-16H,8,12-13H2,1H3. The summed E-state index contributed by atoms with van der Waals surface area (Å²) in [5.74, 6) is 0. The summed E-state index contributed by atoms with van der Waals surface area (Å²) in [4.78, 5) is 6.40. The second kappa shape index (κ2) is 7.23. The van der Waals surface area contributed by atoms with E-state index in [1.165, 1.54) is 10.2 Å². The van der Waals surface area contributed by atoms with E-state index in [9.17, 15) is 8.42 Å². The molecule has 0 unspecified atom stereocenters. The van der Waals surface area contributed by atoms with E-state index in [-0.39, 0.29) is 4.90 Å². The number of hydrogen-bond donors (Lipinski definition) is 0. The minimum absolute atomic E-state index is 0.168. The number of fused-ring (bicyclic) bond motifs is 1. The second-order valence-electron chi connectivity index (χ2n) is 7.43. The lowest BCUT2D eigenvalue weighted by atomic mass is 9.99. The third-order valence-electron chi connectivity index (χ3n) is 5.47. The number of benzene rings is 1. The van der Waals surface area contributed by atoms with E-state index in [0.717, 1.165) is 41.7 Å². The number of nitrogens with zero attached hydrogens (tertiary/aromatic N) is 5. The largest absolute Gasteiger partial charge is 0.302 e. The zero-order valence-electron chi connectivity index (χ0n) is 16.5. The number of rotatable bonds is 4. The Kier molecular flexibility index (Phi) is 4.52. The van der Waals surface area contributed by atoms with Gasteiger partial charge in [-0.2, -0.15) is 5.10 Å². The molecule has 5 rings (SSSR count). The predicted octanol–water partition coefficient (Wildman–Crippen LogP) is 3.18. The molecule has 4 heterocycles. The molecular weight excluding hydrogens is 398 g/mol. The first-order valence-electron chi connectivity index (χ1n) is 9.73. The molecule has 152 valence electrons. The van der Waals surface area contributed by atoms with Gasteiger partial charge in [0.05, 0.1) is 11.2 Å². The van der Waals surface area contributed by atoms with Crippen LogP contribution in [0.5, 0.6) is 0 Å². The van der Waals surface area contributed by atoms with Crippen molar-refractivity contribution in [2.24, 2.45) is 0 Å². The normalized spacial score (nSPS) is 15.4. The van der Waals surface area contributed by atoms with Crippen LogP contribution in [0.1, 0.15) is 12.0 Å². The molecule has 0 aliphatic carbocycles. The molecular formula is C22H21N5O2S. The van der Waals surface area contributed by atoms with E-state index < -0.39 is 10.0 Å². The molecule has 0 N–H and O–H groups in total. The molecule has 7 nitrogen and oxygen atoms in total. The van der Waals surface area contributed by atoms with Crippen molar-refractivity contribution in [2.45, 2.75) is 11.3 Å². The molecule has 4 aromatic rings. The molecule has 1 aliphatic rings. The Balaban J connectivity index is 1.74. The van der Waals surface area contributed by atoms with Gasteiger partial charge in [0.1, 0.15) is 4.90 Å². The minimum atomic E-state index is -3.77. The fourth-order valence-corrected chi connectivity index (χ4v) is 5.17. The molecule has 8 heteroatoms. The second-order valence-corrected chi connectivity index (χ2v) is 9.24. The quantitative estimate of drug-likeness (QED) is 0.508. The molecule has 0 atom stereocenters. The van der Waals surface area contributed by atoms with E-state index in [1.54, 1.807) is 35.4 Å². The number of aromatic nitrogens is 4. The van der Waals surface area contributed by atoms with Gasteiger partial charge in [0.15, 0.2) is 0 Å². The van der Waals surface area contributed by atoms with Gasteiger partial charge in [0, 0.05) is 55.0 Å². The van der Waals surface area contributed by atoms with Gasteiger partial charge < -0.3 is 4.90 Å². The van der Waals surface area contributed by atoms with Crippen LogP contribution in [0.4, 0.5) is 0 Å². The average Bonchev–Trinajstić information content (AvgIpc) is 3.43. The number of hydrogen-bond acceptors (Lipinski definition) is 5. The van der Waals surface area contributed by atoms with Crippen molar-refractivity contribution in [1.29, 1.82) is 0 Å². The molecule has 3 aromatic heterocycles. The van der Waals surface area contributed by atoms with Crippen molar-refractivity contribution in [1.82, 2.24) is 23.6 Å². The maximum atomic E-state index is 13.4. The molecule has 0 saturated heterocycles. The Morgan fingerprint density at radius 3 is 2.70 bits per heavy atom. The van der Waals surface area contributed by atoms with E-state index in [0.29, 0.717) is 5.52 Å². The van der Waals surface area contributed by atoms with Crippen LogP contribution in [0, 0.1) is 0 Å². The summed E-state index contributed by atoms with van der Waals surface area (Å²) in [5, 5.41) is 5.21. The Morgan fingerprint density at radius 2 is 2.00 bits per heavy atom. The van der Waals surface area contributed by atoms with Crippen LogP contribution < -0.4 is 0 Å². The van der Waals surface area contributed by atoms with Crippen LogP contribution in [-0.2, 0) is 10.0 Å². The predicted molar refractivity (Wildman–Crippen MR) is 116 cm³/mol. The summed E-state index contributed by atoms with van der Waals surface area (Å²) >= 11 is 0. The number of likely N-dealkylation sites (N-methyl/N-ethyl adjacent to an activating group) is 1. The first-order chi connectivity index (χ1) is 14.5. The Labute approximate surface area is 174 Å². The Morgan fingerprint density at radius 1 is 1.10 bits per heavy atom. The van der Waals surface area contributed by atoms with Crippen LogP contribution in [-0.4, -0.2) is 52.2 Å². The monoisotopic (exact) mass is 419 g/mol. The molecule has 1 aromatic carbocycles. The van der Waals surface area contributed by atoms with Crippen molar-refractivity contribution < 1.29 is 8.42 Å². The highest BCUT2D eigenvalue weighted by Crippen LogP contribution is 2.34. The van der Waals surface area contributed by atoms with Crippen molar-refractivity contribution in [3.05, 3.63) is 79.0 Å². The van der Waals surface area contributed by atoms with Crippen molar-refractivity contribution in [2.75, 3.05) is 20.1 Å². The molecule has 0 amide bonds. The highest BCUT2D eigenvalue weighted by molar-refractivity contribution is 7.90. The van der Waals surface area contributed by atoms with Gasteiger partial charge in [0.2, 0.25) is 0 Å². The van der Waals surface area contributed by atoms with Crippen LogP contribution in [0.25, 0.3) is 22.2 Å². The van der Waals surface area contributed by atoms with Gasteiger partial charge in [0.25, 0.3) is 10.0 Å². The third kappa shape index (κ3) is 3.14. The van der Waals surface area contributed by atoms with E-state index in [2.05, 4.69) is 28.1 Å². The highest BCUT2D eigenvalue weighted by Gasteiger charge is 2.24. The topological polar surface area (TPSA) is 73.0 Å². The smallest absolute Gasteiger partial charge is 0.269 e. The molecule has 0 saturated carbocycles. The van der Waals surface area contributed by atoms with E-state index in [4.69, 9.17) is 0 Å². The van der Waals surface area contributed by atoms with Gasteiger partial charge in [-0.1, -0.05) is 6.08 Å². The molecule has 0 fully saturated rings. The van der Waals surface area contributed by atoms with Gasteiger partial charge in [-0.15, -0.1) is 0 Å². The highest BCUT2D eigenvalue weighted by atomic mass is 32.2. The minimum Gasteiger partial charge on any atom is -0.302 e. The lowest BCUT2D eigenvalue weighted by molar-refractivity contribution is 0.370. The Hall–Kier alpha value is -3.23. The molecule has 1 aliphatic heterocycles. The van der Waals surface area contributed by atoms with E-state index in [1.807, 2.05) is 30.5 Å². The summed E-state index contributed by atoms with van der Waals surface area (Å²) in [6, 6.07) is 10.8. The van der Waals surface area contributed by atoms with Crippen LogP contribution >= 0.6 is 0 Å². The van der Waals surface area contributed by atoms with Crippen LogP contribution in [0.15, 0.2) is 78.4 Å². The average molecular weight is 420 g/mol. The van der Waals surface area contributed by atoms with Crippen molar-refractivity contribution in [3.63, 3.8) is 0 Å². The van der Waals surface area contributed by atoms with Gasteiger partial charge >= 0.3 is 0 Å². The van der Waals surface area contributed by atoms with Crippen LogP contribution in [0.3, 0.4) is 0 Å². The fraction of sp³-hybridized carbons (Fsp3) is 0.182. The summed E-state index contributed by atoms with van der Waals surface area (Å²) in [6.07, 6.45) is 11.3. The summed E-state index contributed by atoms with van der Waals surface area (Å²) in [7, 11) is -1.68. The van der Waals surface area contributed by atoms with E-state index >= 15 is 0 Å². The van der Waals surface area contributed by atoms with Crippen molar-refractivity contribution >= 4 is 26.5 Å². The maximum Gasteiger partial charge on any atom is 0.269 e. The van der Waals surface area contributed by atoms with Crippen LogP contribution in [0.2, 0.25) is 0 Å². The first-order valence-corrected chi connectivity index (χ1v) is 11.2. The summed E-state index contributed by atoms with van der Waals surface area (Å²) in [5.41, 5.74) is 3.64. The van der Waals surface area contributed by atoms with Gasteiger partial charge in [-0.25, -0.2) is 17.1 Å². The molecule has 0 bridgehead atoms.